The maximum atomic E-state index is 13.7. The first-order valence-electron chi connectivity index (χ1n) is 14.3. The first-order chi connectivity index (χ1) is 21.9. The topological polar surface area (TPSA) is 122 Å². The first kappa shape index (κ1) is 29.1. The predicted molar refractivity (Wildman–Crippen MR) is 173 cm³/mol. The summed E-state index contributed by atoms with van der Waals surface area (Å²) in [7, 11) is 0. The molecule has 0 spiro atoms. The van der Waals surface area contributed by atoms with Crippen LogP contribution in [0.15, 0.2) is 118 Å². The van der Waals surface area contributed by atoms with Crippen LogP contribution in [0.2, 0.25) is 0 Å². The third-order valence-corrected chi connectivity index (χ3v) is 7.07. The SMILES string of the molecule is C=CCc1cc(C=Nn2c(-c3cc4ccccc4o3)nc3ccccc3c2=O)cc(OCC)c1OCc1ccc([N+](=O)[O-])cc1. The Bertz CT molecular complexity index is 2100. The number of hydrogen-bond donors (Lipinski definition) is 0. The van der Waals surface area contributed by atoms with Gasteiger partial charge in [-0.05, 0) is 73.0 Å². The Kier molecular flexibility index (Phi) is 8.19. The van der Waals surface area contributed by atoms with Crippen molar-refractivity contribution in [1.82, 2.24) is 9.66 Å². The minimum atomic E-state index is -0.442. The lowest BCUT2D eigenvalue weighted by molar-refractivity contribution is -0.384. The van der Waals surface area contributed by atoms with Gasteiger partial charge in [0.25, 0.3) is 11.2 Å². The molecule has 4 aromatic carbocycles. The number of aromatic nitrogens is 2. The number of fused-ring (bicyclic) bond motifs is 2. The third kappa shape index (κ3) is 6.07. The average Bonchev–Trinajstić information content (AvgIpc) is 3.49. The summed E-state index contributed by atoms with van der Waals surface area (Å²) in [5.41, 5.74) is 3.09. The first-order valence-corrected chi connectivity index (χ1v) is 14.3. The average molecular weight is 601 g/mol. The minimum absolute atomic E-state index is 0.00828. The van der Waals surface area contributed by atoms with Gasteiger partial charge in [0.05, 0.1) is 28.6 Å². The molecular formula is C35H28N4O6. The molecule has 10 heteroatoms. The largest absolute Gasteiger partial charge is 0.490 e. The molecule has 0 saturated heterocycles. The van der Waals surface area contributed by atoms with Crippen molar-refractivity contribution < 1.29 is 18.8 Å². The molecule has 45 heavy (non-hydrogen) atoms. The maximum absolute atomic E-state index is 13.7. The van der Waals surface area contributed by atoms with Gasteiger partial charge in [-0.25, -0.2) is 4.98 Å². The number of benzene rings is 4. The van der Waals surface area contributed by atoms with E-state index in [1.165, 1.54) is 16.8 Å². The van der Waals surface area contributed by atoms with E-state index in [0.29, 0.717) is 52.3 Å². The number of furan rings is 1. The van der Waals surface area contributed by atoms with Crippen LogP contribution in [0, 0.1) is 10.1 Å². The van der Waals surface area contributed by atoms with Gasteiger partial charge < -0.3 is 13.9 Å². The maximum Gasteiger partial charge on any atom is 0.282 e. The Balaban J connectivity index is 1.40. The van der Waals surface area contributed by atoms with Gasteiger partial charge in [-0.3, -0.25) is 14.9 Å². The molecule has 0 fully saturated rings. The Morgan fingerprint density at radius 2 is 1.80 bits per heavy atom. The summed E-state index contributed by atoms with van der Waals surface area (Å²) in [5.74, 6) is 1.69. The molecule has 0 radical (unpaired) electrons. The van der Waals surface area contributed by atoms with E-state index in [1.807, 2.05) is 49.4 Å². The number of non-ortho nitro benzene ring substituents is 1. The summed E-state index contributed by atoms with van der Waals surface area (Å²) >= 11 is 0. The fourth-order valence-corrected chi connectivity index (χ4v) is 4.97. The number of ether oxygens (including phenoxy) is 2. The highest BCUT2D eigenvalue weighted by Gasteiger charge is 2.18. The summed E-state index contributed by atoms with van der Waals surface area (Å²) in [4.78, 5) is 29.0. The molecule has 0 unspecified atom stereocenters. The van der Waals surface area contributed by atoms with Gasteiger partial charge in [0.2, 0.25) is 5.82 Å². The summed E-state index contributed by atoms with van der Waals surface area (Å²) in [6.45, 7) is 6.31. The number of hydrogen-bond acceptors (Lipinski definition) is 8. The quantitative estimate of drug-likeness (QED) is 0.0661. The summed E-state index contributed by atoms with van der Waals surface area (Å²) in [6, 6.07) is 26.4. The second-order valence-corrected chi connectivity index (χ2v) is 10.1. The lowest BCUT2D eigenvalue weighted by Crippen LogP contribution is -2.20. The number of nitro groups is 1. The fourth-order valence-electron chi connectivity index (χ4n) is 4.97. The smallest absolute Gasteiger partial charge is 0.282 e. The van der Waals surface area contributed by atoms with Crippen LogP contribution < -0.4 is 15.0 Å². The highest BCUT2D eigenvalue weighted by molar-refractivity contribution is 5.85. The molecule has 0 aliphatic rings. The van der Waals surface area contributed by atoms with Crippen molar-refractivity contribution in [3.05, 3.63) is 141 Å². The van der Waals surface area contributed by atoms with Gasteiger partial charge >= 0.3 is 0 Å². The fraction of sp³-hybridized carbons (Fsp3) is 0.114. The number of rotatable bonds is 11. The van der Waals surface area contributed by atoms with Gasteiger partial charge in [-0.1, -0.05) is 36.4 Å². The third-order valence-electron chi connectivity index (χ3n) is 7.07. The highest BCUT2D eigenvalue weighted by atomic mass is 16.6. The lowest BCUT2D eigenvalue weighted by Gasteiger charge is -2.17. The van der Waals surface area contributed by atoms with Crippen molar-refractivity contribution in [2.75, 3.05) is 6.61 Å². The second kappa shape index (κ2) is 12.7. The van der Waals surface area contributed by atoms with Crippen LogP contribution in [0.5, 0.6) is 11.5 Å². The zero-order valence-electron chi connectivity index (χ0n) is 24.4. The monoisotopic (exact) mass is 600 g/mol. The van der Waals surface area contributed by atoms with E-state index >= 15 is 0 Å². The van der Waals surface area contributed by atoms with Gasteiger partial charge in [-0.2, -0.15) is 9.78 Å². The van der Waals surface area contributed by atoms with Crippen LogP contribution in [-0.2, 0) is 13.0 Å². The van der Waals surface area contributed by atoms with Gasteiger partial charge in [0, 0.05) is 23.1 Å². The molecule has 10 nitrogen and oxygen atoms in total. The van der Waals surface area contributed by atoms with Crippen LogP contribution in [0.3, 0.4) is 0 Å². The van der Waals surface area contributed by atoms with Crippen molar-refractivity contribution in [2.45, 2.75) is 20.0 Å². The minimum Gasteiger partial charge on any atom is -0.490 e. The molecule has 0 aliphatic carbocycles. The molecule has 0 N–H and O–H groups in total. The predicted octanol–water partition coefficient (Wildman–Crippen LogP) is 7.31. The van der Waals surface area contributed by atoms with E-state index in [2.05, 4.69) is 11.7 Å². The Morgan fingerprint density at radius 1 is 1.02 bits per heavy atom. The number of nitrogens with zero attached hydrogens (tertiary/aromatic N) is 4. The molecule has 6 aromatic rings. The highest BCUT2D eigenvalue weighted by Crippen LogP contribution is 2.35. The van der Waals surface area contributed by atoms with Gasteiger partial charge in [0.1, 0.15) is 12.2 Å². The van der Waals surface area contributed by atoms with Crippen molar-refractivity contribution in [2.24, 2.45) is 5.10 Å². The van der Waals surface area contributed by atoms with E-state index < -0.39 is 4.92 Å². The molecule has 0 amide bonds. The summed E-state index contributed by atoms with van der Waals surface area (Å²) in [6.07, 6.45) is 3.79. The summed E-state index contributed by atoms with van der Waals surface area (Å²) in [5, 5.41) is 16.9. The number of para-hydroxylation sites is 2. The molecule has 224 valence electrons. The van der Waals surface area contributed by atoms with Gasteiger partial charge in [0.15, 0.2) is 17.3 Å². The molecule has 2 heterocycles. The molecule has 6 rings (SSSR count). The van der Waals surface area contributed by atoms with Crippen molar-refractivity contribution >= 4 is 33.8 Å². The molecule has 2 aromatic heterocycles. The van der Waals surface area contributed by atoms with Crippen LogP contribution in [0.25, 0.3) is 33.5 Å². The lowest BCUT2D eigenvalue weighted by atomic mass is 10.1. The standard InChI is InChI=1S/C35H28N4O6/c1-3-9-26-18-24(19-31(43-4-2)33(26)44-22-23-14-16-27(17-15-23)39(41)42)21-36-38-34(32-20-25-10-5-8-13-30(25)45-32)37-29-12-7-6-11-28(29)35(38)40/h3,5-8,10-21H,1,4,9,22H2,2H3. The van der Waals surface area contributed by atoms with E-state index in [0.717, 1.165) is 16.5 Å². The molecule has 0 bridgehead atoms. The van der Waals surface area contributed by atoms with Crippen molar-refractivity contribution in [1.29, 1.82) is 0 Å². The van der Waals surface area contributed by atoms with E-state index in [9.17, 15) is 14.9 Å². The molecule has 0 saturated carbocycles. The van der Waals surface area contributed by atoms with E-state index in [1.54, 1.807) is 48.7 Å². The molecule has 0 atom stereocenters. The normalized spacial score (nSPS) is 11.3. The van der Waals surface area contributed by atoms with Crippen molar-refractivity contribution in [3.63, 3.8) is 0 Å². The van der Waals surface area contributed by atoms with E-state index in [4.69, 9.17) is 18.9 Å². The Morgan fingerprint density at radius 3 is 2.56 bits per heavy atom. The zero-order valence-corrected chi connectivity index (χ0v) is 24.4. The van der Waals surface area contributed by atoms with Crippen molar-refractivity contribution in [3.8, 4) is 23.1 Å². The molecular weight excluding hydrogens is 572 g/mol. The second-order valence-electron chi connectivity index (χ2n) is 10.1. The van der Waals surface area contributed by atoms with Crippen LogP contribution in [0.4, 0.5) is 5.69 Å². The summed E-state index contributed by atoms with van der Waals surface area (Å²) < 4.78 is 19.5. The van der Waals surface area contributed by atoms with Gasteiger partial charge in [-0.15, -0.1) is 6.58 Å². The van der Waals surface area contributed by atoms with Crippen LogP contribution in [0.1, 0.15) is 23.6 Å². The molecule has 0 aliphatic heterocycles. The van der Waals surface area contributed by atoms with E-state index in [-0.39, 0.29) is 23.7 Å². The number of allylic oxidation sites excluding steroid dienone is 1. The Hall–Kier alpha value is -6.03. The number of nitro benzene ring substituents is 1. The Labute approximate surface area is 257 Å². The van der Waals surface area contributed by atoms with Crippen LogP contribution in [-0.4, -0.2) is 27.4 Å². The van der Waals surface area contributed by atoms with Crippen LogP contribution >= 0.6 is 0 Å². The zero-order chi connectivity index (χ0) is 31.3.